The Hall–Kier alpha value is -2.83. The van der Waals surface area contributed by atoms with Gasteiger partial charge < -0.3 is 9.84 Å². The normalized spacial score (nSPS) is 11.2. The minimum Gasteiger partial charge on any atom is -0.481 e. The van der Waals surface area contributed by atoms with Crippen molar-refractivity contribution in [3.63, 3.8) is 0 Å². The fourth-order valence-corrected chi connectivity index (χ4v) is 2.59. The largest absolute Gasteiger partial charge is 0.573 e. The standard InChI is InChI=1S/C19H17F3O4/c1-12-13(5-3-7-17(23)24)4-2-6-16(12)18(25)14-8-10-15(11-9-14)26-19(20,21)22/h2,4,6,8-11H,3,5,7H2,1H3,(H,23,24). The van der Waals surface area contributed by atoms with E-state index in [4.69, 9.17) is 5.11 Å². The zero-order valence-electron chi connectivity index (χ0n) is 14.0. The average Bonchev–Trinajstić information content (AvgIpc) is 2.55. The second kappa shape index (κ2) is 8.03. The predicted molar refractivity (Wildman–Crippen MR) is 88.3 cm³/mol. The summed E-state index contributed by atoms with van der Waals surface area (Å²) in [5.74, 6) is -1.59. The molecule has 0 heterocycles. The van der Waals surface area contributed by atoms with Crippen LogP contribution in [0.15, 0.2) is 42.5 Å². The maximum atomic E-state index is 12.6. The Morgan fingerprint density at radius 3 is 2.31 bits per heavy atom. The fourth-order valence-electron chi connectivity index (χ4n) is 2.59. The second-order valence-electron chi connectivity index (χ2n) is 5.74. The van der Waals surface area contributed by atoms with E-state index in [2.05, 4.69) is 4.74 Å². The molecule has 1 N–H and O–H groups in total. The third kappa shape index (κ3) is 5.34. The molecule has 2 aromatic carbocycles. The Bertz CT molecular complexity index is 795. The van der Waals surface area contributed by atoms with Gasteiger partial charge in [-0.05, 0) is 55.2 Å². The molecule has 0 aliphatic heterocycles. The Balaban J connectivity index is 2.17. The van der Waals surface area contributed by atoms with E-state index in [0.29, 0.717) is 18.4 Å². The van der Waals surface area contributed by atoms with Gasteiger partial charge in [0, 0.05) is 17.5 Å². The molecular weight excluding hydrogens is 349 g/mol. The number of ether oxygens (including phenoxy) is 1. The molecular formula is C19H17F3O4. The molecule has 0 amide bonds. The summed E-state index contributed by atoms with van der Waals surface area (Å²) in [5, 5.41) is 8.71. The minimum atomic E-state index is -4.79. The van der Waals surface area contributed by atoms with Crippen molar-refractivity contribution in [2.45, 2.75) is 32.5 Å². The predicted octanol–water partition coefficient (Wildman–Crippen LogP) is 4.53. The molecule has 7 heteroatoms. The van der Waals surface area contributed by atoms with Crippen molar-refractivity contribution in [1.29, 1.82) is 0 Å². The summed E-state index contributed by atoms with van der Waals surface area (Å²) in [6.45, 7) is 1.77. The van der Waals surface area contributed by atoms with E-state index >= 15 is 0 Å². The molecule has 2 rings (SSSR count). The van der Waals surface area contributed by atoms with Gasteiger partial charge in [-0.2, -0.15) is 0 Å². The summed E-state index contributed by atoms with van der Waals surface area (Å²) in [6, 6.07) is 9.91. The molecule has 4 nitrogen and oxygen atoms in total. The van der Waals surface area contributed by atoms with Crippen LogP contribution in [0, 0.1) is 6.92 Å². The quantitative estimate of drug-likeness (QED) is 0.731. The molecule has 0 spiro atoms. The number of halogens is 3. The molecule has 0 aromatic heterocycles. The van der Waals surface area contributed by atoms with Crippen LogP contribution in [0.5, 0.6) is 5.75 Å². The first-order valence-corrected chi connectivity index (χ1v) is 7.88. The molecule has 0 radical (unpaired) electrons. The van der Waals surface area contributed by atoms with Crippen LogP contribution in [0.2, 0.25) is 0 Å². The summed E-state index contributed by atoms with van der Waals surface area (Å²) in [6.07, 6.45) is -3.76. The number of carbonyl (C=O) groups excluding carboxylic acids is 1. The van der Waals surface area contributed by atoms with Crippen LogP contribution in [0.1, 0.15) is 39.9 Å². The number of carbonyl (C=O) groups is 2. The van der Waals surface area contributed by atoms with Crippen molar-refractivity contribution < 1.29 is 32.6 Å². The van der Waals surface area contributed by atoms with E-state index in [-0.39, 0.29) is 17.8 Å². The number of aryl methyl sites for hydroxylation is 1. The summed E-state index contributed by atoms with van der Waals surface area (Å²) in [7, 11) is 0. The van der Waals surface area contributed by atoms with Crippen LogP contribution in [-0.2, 0) is 11.2 Å². The molecule has 0 fully saturated rings. The molecule has 0 unspecified atom stereocenters. The molecule has 0 aliphatic rings. The van der Waals surface area contributed by atoms with Crippen molar-refractivity contribution in [2.24, 2.45) is 0 Å². The number of benzene rings is 2. The van der Waals surface area contributed by atoms with Crippen molar-refractivity contribution in [3.05, 3.63) is 64.7 Å². The first-order chi connectivity index (χ1) is 12.2. The molecule has 2 aromatic rings. The smallest absolute Gasteiger partial charge is 0.481 e. The Kier molecular flexibility index (Phi) is 6.02. The van der Waals surface area contributed by atoms with Gasteiger partial charge in [-0.15, -0.1) is 13.2 Å². The third-order valence-corrected chi connectivity index (χ3v) is 3.88. The average molecular weight is 366 g/mol. The van der Waals surface area contributed by atoms with E-state index in [1.54, 1.807) is 19.1 Å². The maximum absolute atomic E-state index is 12.6. The highest BCUT2D eigenvalue weighted by molar-refractivity contribution is 6.10. The highest BCUT2D eigenvalue weighted by Gasteiger charge is 2.31. The zero-order chi connectivity index (χ0) is 19.3. The van der Waals surface area contributed by atoms with Crippen LogP contribution in [0.4, 0.5) is 13.2 Å². The van der Waals surface area contributed by atoms with Crippen molar-refractivity contribution in [1.82, 2.24) is 0 Å². The highest BCUT2D eigenvalue weighted by atomic mass is 19.4. The van der Waals surface area contributed by atoms with Crippen LogP contribution >= 0.6 is 0 Å². The van der Waals surface area contributed by atoms with Crippen molar-refractivity contribution in [3.8, 4) is 5.75 Å². The van der Waals surface area contributed by atoms with Crippen LogP contribution in [0.3, 0.4) is 0 Å². The number of ketones is 1. The number of hydrogen-bond donors (Lipinski definition) is 1. The van der Waals surface area contributed by atoms with Gasteiger partial charge in [-0.1, -0.05) is 18.2 Å². The topological polar surface area (TPSA) is 63.6 Å². The van der Waals surface area contributed by atoms with Gasteiger partial charge in [0.15, 0.2) is 5.78 Å². The summed E-state index contributed by atoms with van der Waals surface area (Å²) in [4.78, 5) is 23.3. The van der Waals surface area contributed by atoms with Gasteiger partial charge in [0.25, 0.3) is 0 Å². The Morgan fingerprint density at radius 2 is 1.73 bits per heavy atom. The van der Waals surface area contributed by atoms with Gasteiger partial charge in [0.1, 0.15) is 5.75 Å². The van der Waals surface area contributed by atoms with E-state index in [1.807, 2.05) is 6.07 Å². The summed E-state index contributed by atoms with van der Waals surface area (Å²) < 4.78 is 40.4. The van der Waals surface area contributed by atoms with Crippen molar-refractivity contribution in [2.75, 3.05) is 0 Å². The van der Waals surface area contributed by atoms with Crippen LogP contribution in [-0.4, -0.2) is 23.2 Å². The van der Waals surface area contributed by atoms with E-state index in [9.17, 15) is 22.8 Å². The first-order valence-electron chi connectivity index (χ1n) is 7.88. The molecule has 26 heavy (non-hydrogen) atoms. The number of carboxylic acids is 1. The van der Waals surface area contributed by atoms with Gasteiger partial charge in [-0.25, -0.2) is 0 Å². The van der Waals surface area contributed by atoms with E-state index in [1.165, 1.54) is 12.1 Å². The second-order valence-corrected chi connectivity index (χ2v) is 5.74. The van der Waals surface area contributed by atoms with Gasteiger partial charge in [0.2, 0.25) is 0 Å². The Morgan fingerprint density at radius 1 is 1.08 bits per heavy atom. The third-order valence-electron chi connectivity index (χ3n) is 3.88. The lowest BCUT2D eigenvalue weighted by Gasteiger charge is -2.12. The SMILES string of the molecule is Cc1c(CCCC(=O)O)cccc1C(=O)c1ccc(OC(F)(F)F)cc1. The van der Waals surface area contributed by atoms with Crippen molar-refractivity contribution >= 4 is 11.8 Å². The van der Waals surface area contributed by atoms with Gasteiger partial charge >= 0.3 is 12.3 Å². The number of hydrogen-bond acceptors (Lipinski definition) is 3. The van der Waals surface area contributed by atoms with E-state index in [0.717, 1.165) is 23.3 Å². The molecule has 0 aliphatic carbocycles. The maximum Gasteiger partial charge on any atom is 0.573 e. The number of carboxylic acid groups (broad SMARTS) is 1. The van der Waals surface area contributed by atoms with Crippen LogP contribution < -0.4 is 4.74 Å². The lowest BCUT2D eigenvalue weighted by atomic mass is 9.93. The lowest BCUT2D eigenvalue weighted by Crippen LogP contribution is -2.17. The summed E-state index contributed by atoms with van der Waals surface area (Å²) in [5.41, 5.74) is 2.28. The van der Waals surface area contributed by atoms with E-state index < -0.39 is 18.1 Å². The first kappa shape index (κ1) is 19.5. The minimum absolute atomic E-state index is 0.0400. The molecule has 0 atom stereocenters. The fraction of sp³-hybridized carbons (Fsp3) is 0.263. The Labute approximate surface area is 148 Å². The number of alkyl halides is 3. The molecule has 0 saturated heterocycles. The summed E-state index contributed by atoms with van der Waals surface area (Å²) >= 11 is 0. The lowest BCUT2D eigenvalue weighted by molar-refractivity contribution is -0.274. The molecule has 0 saturated carbocycles. The number of aliphatic carboxylic acids is 1. The molecule has 138 valence electrons. The van der Waals surface area contributed by atoms with Gasteiger partial charge in [0.05, 0.1) is 0 Å². The van der Waals surface area contributed by atoms with Crippen LogP contribution in [0.25, 0.3) is 0 Å². The molecule has 0 bridgehead atoms. The zero-order valence-corrected chi connectivity index (χ0v) is 14.0. The number of rotatable bonds is 7. The highest BCUT2D eigenvalue weighted by Crippen LogP contribution is 2.24. The monoisotopic (exact) mass is 366 g/mol. The van der Waals surface area contributed by atoms with Gasteiger partial charge in [-0.3, -0.25) is 9.59 Å².